The Hall–Kier alpha value is -1.39. The summed E-state index contributed by atoms with van der Waals surface area (Å²) in [5.74, 6) is 0. The zero-order chi connectivity index (χ0) is 13.0. The molecule has 4 heteroatoms. The first-order valence-electron chi connectivity index (χ1n) is 6.05. The van der Waals surface area contributed by atoms with Crippen molar-refractivity contribution in [3.63, 3.8) is 0 Å². The summed E-state index contributed by atoms with van der Waals surface area (Å²) in [6.45, 7) is 5.21. The number of aliphatic hydroxyl groups is 1. The largest absolute Gasteiger partial charge is 0.392 e. The second kappa shape index (κ2) is 5.98. The van der Waals surface area contributed by atoms with Crippen molar-refractivity contribution in [1.82, 2.24) is 4.98 Å². The van der Waals surface area contributed by atoms with Gasteiger partial charge in [-0.05, 0) is 31.4 Å². The van der Waals surface area contributed by atoms with Crippen molar-refractivity contribution < 1.29 is 5.11 Å². The summed E-state index contributed by atoms with van der Waals surface area (Å²) in [6.07, 6.45) is 3.55. The highest BCUT2D eigenvalue weighted by Gasteiger charge is 2.15. The van der Waals surface area contributed by atoms with Crippen LogP contribution < -0.4 is 4.90 Å². The number of nitrogens with zero attached hydrogens (tertiary/aromatic N) is 2. The Bertz CT molecular complexity index is 482. The molecule has 3 nitrogen and oxygen atoms in total. The van der Waals surface area contributed by atoms with Crippen LogP contribution in [0.1, 0.15) is 24.3 Å². The molecule has 0 saturated carbocycles. The van der Waals surface area contributed by atoms with Crippen LogP contribution in [0.15, 0.2) is 36.0 Å². The van der Waals surface area contributed by atoms with Crippen molar-refractivity contribution in [3.05, 3.63) is 46.4 Å². The number of hydrogen-bond acceptors (Lipinski definition) is 4. The van der Waals surface area contributed by atoms with Gasteiger partial charge in [0.2, 0.25) is 0 Å². The molecule has 1 N–H and O–H groups in total. The number of thiophene rings is 1. The van der Waals surface area contributed by atoms with Gasteiger partial charge in [0, 0.05) is 22.7 Å². The Morgan fingerprint density at radius 2 is 2.22 bits per heavy atom. The van der Waals surface area contributed by atoms with Gasteiger partial charge in [0.25, 0.3) is 0 Å². The lowest BCUT2D eigenvalue weighted by atomic mass is 10.2. The Morgan fingerprint density at radius 3 is 2.83 bits per heavy atom. The van der Waals surface area contributed by atoms with Gasteiger partial charge in [0.05, 0.1) is 25.0 Å². The average Bonchev–Trinajstić information content (AvgIpc) is 2.88. The highest BCUT2D eigenvalue weighted by molar-refractivity contribution is 7.09. The first kappa shape index (κ1) is 13.1. The van der Waals surface area contributed by atoms with E-state index in [2.05, 4.69) is 41.2 Å². The zero-order valence-corrected chi connectivity index (χ0v) is 11.5. The molecule has 2 rings (SSSR count). The van der Waals surface area contributed by atoms with Gasteiger partial charge in [-0.3, -0.25) is 4.98 Å². The van der Waals surface area contributed by atoms with Gasteiger partial charge in [-0.1, -0.05) is 6.07 Å². The molecule has 0 aliphatic carbocycles. The van der Waals surface area contributed by atoms with Crippen molar-refractivity contribution in [1.29, 1.82) is 0 Å². The first-order valence-corrected chi connectivity index (χ1v) is 6.93. The van der Waals surface area contributed by atoms with E-state index in [-0.39, 0.29) is 6.61 Å². The molecular formula is C14H18N2OS. The molecule has 0 aliphatic rings. The predicted molar refractivity (Wildman–Crippen MR) is 75.8 cm³/mol. The van der Waals surface area contributed by atoms with E-state index in [0.717, 1.165) is 17.8 Å². The van der Waals surface area contributed by atoms with Gasteiger partial charge in [-0.2, -0.15) is 0 Å². The number of pyridine rings is 1. The molecule has 0 aromatic carbocycles. The highest BCUT2D eigenvalue weighted by Crippen LogP contribution is 2.25. The zero-order valence-electron chi connectivity index (χ0n) is 10.7. The lowest BCUT2D eigenvalue weighted by Gasteiger charge is -2.29. The Balaban J connectivity index is 2.29. The maximum absolute atomic E-state index is 9.42. The number of aliphatic hydroxyl groups excluding tert-OH is 1. The molecule has 2 aromatic rings. The monoisotopic (exact) mass is 262 g/mol. The van der Waals surface area contributed by atoms with Crippen LogP contribution in [0.3, 0.4) is 0 Å². The third kappa shape index (κ3) is 2.89. The molecule has 18 heavy (non-hydrogen) atoms. The maximum atomic E-state index is 9.42. The minimum Gasteiger partial charge on any atom is -0.392 e. The maximum Gasteiger partial charge on any atom is 0.0703 e. The summed E-state index contributed by atoms with van der Waals surface area (Å²) in [5, 5.41) is 11.5. The third-order valence-corrected chi connectivity index (χ3v) is 3.76. The lowest BCUT2D eigenvalue weighted by Crippen LogP contribution is -2.30. The van der Waals surface area contributed by atoms with Crippen LogP contribution >= 0.6 is 11.3 Å². The smallest absolute Gasteiger partial charge is 0.0703 e. The van der Waals surface area contributed by atoms with Crippen LogP contribution in [0, 0.1) is 0 Å². The molecule has 2 heterocycles. The standard InChI is InChI=1S/C14H18N2OS/c1-11(2)16(9-13-4-3-7-18-13)14-8-15-6-5-12(14)10-17/h3-8,11,17H,9-10H2,1-2H3. The van der Waals surface area contributed by atoms with Gasteiger partial charge >= 0.3 is 0 Å². The Morgan fingerprint density at radius 1 is 1.39 bits per heavy atom. The molecule has 0 unspecified atom stereocenters. The summed E-state index contributed by atoms with van der Waals surface area (Å²) < 4.78 is 0. The van der Waals surface area contributed by atoms with Crippen molar-refractivity contribution >= 4 is 17.0 Å². The molecule has 0 bridgehead atoms. The van der Waals surface area contributed by atoms with E-state index in [0.29, 0.717) is 6.04 Å². The third-order valence-electron chi connectivity index (χ3n) is 2.90. The van der Waals surface area contributed by atoms with Crippen LogP contribution in [0.25, 0.3) is 0 Å². The molecule has 0 atom stereocenters. The van der Waals surface area contributed by atoms with Crippen LogP contribution in [-0.2, 0) is 13.2 Å². The van der Waals surface area contributed by atoms with Crippen molar-refractivity contribution in [2.75, 3.05) is 4.90 Å². The lowest BCUT2D eigenvalue weighted by molar-refractivity contribution is 0.281. The predicted octanol–water partition coefficient (Wildman–Crippen LogP) is 3.05. The highest BCUT2D eigenvalue weighted by atomic mass is 32.1. The minimum atomic E-state index is 0.0471. The van der Waals surface area contributed by atoms with Crippen molar-refractivity contribution in [2.45, 2.75) is 33.0 Å². The average molecular weight is 262 g/mol. The summed E-state index contributed by atoms with van der Waals surface area (Å²) in [4.78, 5) is 7.76. The topological polar surface area (TPSA) is 36.4 Å². The van der Waals surface area contributed by atoms with Crippen LogP contribution in [0.5, 0.6) is 0 Å². The van der Waals surface area contributed by atoms with Gasteiger partial charge in [0.15, 0.2) is 0 Å². The Labute approximate surface area is 112 Å². The van der Waals surface area contributed by atoms with E-state index in [4.69, 9.17) is 0 Å². The van der Waals surface area contributed by atoms with Gasteiger partial charge in [0.1, 0.15) is 0 Å². The van der Waals surface area contributed by atoms with E-state index in [9.17, 15) is 5.11 Å². The summed E-state index contributed by atoms with van der Waals surface area (Å²) in [5.41, 5.74) is 1.94. The van der Waals surface area contributed by atoms with Crippen LogP contribution in [-0.4, -0.2) is 16.1 Å². The molecule has 96 valence electrons. The van der Waals surface area contributed by atoms with Crippen LogP contribution in [0.2, 0.25) is 0 Å². The number of rotatable bonds is 5. The summed E-state index contributed by atoms with van der Waals surface area (Å²) >= 11 is 1.75. The first-order chi connectivity index (χ1) is 8.72. The number of anilines is 1. The molecular weight excluding hydrogens is 244 g/mol. The van der Waals surface area contributed by atoms with Gasteiger partial charge < -0.3 is 10.0 Å². The second-order valence-electron chi connectivity index (χ2n) is 4.46. The fourth-order valence-corrected chi connectivity index (χ4v) is 2.63. The van der Waals surface area contributed by atoms with Crippen LogP contribution in [0.4, 0.5) is 5.69 Å². The molecule has 2 aromatic heterocycles. The van der Waals surface area contributed by atoms with E-state index in [1.807, 2.05) is 12.3 Å². The molecule has 0 spiro atoms. The normalized spacial score (nSPS) is 10.9. The minimum absolute atomic E-state index is 0.0471. The summed E-state index contributed by atoms with van der Waals surface area (Å²) in [6, 6.07) is 6.43. The molecule has 0 amide bonds. The Kier molecular flexibility index (Phi) is 4.33. The van der Waals surface area contributed by atoms with E-state index in [1.54, 1.807) is 17.5 Å². The fourth-order valence-electron chi connectivity index (χ4n) is 1.92. The van der Waals surface area contributed by atoms with Gasteiger partial charge in [-0.25, -0.2) is 0 Å². The second-order valence-corrected chi connectivity index (χ2v) is 5.50. The SMILES string of the molecule is CC(C)N(Cc1cccs1)c1cnccc1CO. The summed E-state index contributed by atoms with van der Waals surface area (Å²) in [7, 11) is 0. The van der Waals surface area contributed by atoms with E-state index in [1.165, 1.54) is 4.88 Å². The number of hydrogen-bond donors (Lipinski definition) is 1. The molecule has 0 saturated heterocycles. The number of aromatic nitrogens is 1. The van der Waals surface area contributed by atoms with Crippen molar-refractivity contribution in [2.24, 2.45) is 0 Å². The molecule has 0 aliphatic heterocycles. The molecule has 0 radical (unpaired) electrons. The fraction of sp³-hybridized carbons (Fsp3) is 0.357. The van der Waals surface area contributed by atoms with E-state index >= 15 is 0 Å². The quantitative estimate of drug-likeness (QED) is 0.899. The molecule has 0 fully saturated rings. The van der Waals surface area contributed by atoms with Gasteiger partial charge in [-0.15, -0.1) is 11.3 Å². The van der Waals surface area contributed by atoms with E-state index < -0.39 is 0 Å². The van der Waals surface area contributed by atoms with Crippen molar-refractivity contribution in [3.8, 4) is 0 Å².